The highest BCUT2D eigenvalue weighted by Crippen LogP contribution is 2.03. The topological polar surface area (TPSA) is 36.4 Å². The van der Waals surface area contributed by atoms with Gasteiger partial charge in [0.25, 0.3) is 0 Å². The summed E-state index contributed by atoms with van der Waals surface area (Å²) in [6.07, 6.45) is 6.17. The summed E-state index contributed by atoms with van der Waals surface area (Å²) in [6.45, 7) is 4.97. The molecule has 0 radical (unpaired) electrons. The number of hydrogen-bond donors (Lipinski definition) is 2. The van der Waals surface area contributed by atoms with Gasteiger partial charge in [-0.15, -0.1) is 0 Å². The number of hydrazone groups is 1. The highest BCUT2D eigenvalue weighted by Gasteiger charge is 2.22. The summed E-state index contributed by atoms with van der Waals surface area (Å²) < 4.78 is 0. The summed E-state index contributed by atoms with van der Waals surface area (Å²) in [5.74, 6) is 0. The van der Waals surface area contributed by atoms with Crippen LogP contribution in [0.15, 0.2) is 17.3 Å². The van der Waals surface area contributed by atoms with E-state index in [0.717, 1.165) is 6.54 Å². The predicted octanol–water partition coefficient (Wildman–Crippen LogP) is 0.498. The van der Waals surface area contributed by atoms with Gasteiger partial charge in [0.05, 0.1) is 12.1 Å². The Morgan fingerprint density at radius 3 is 2.91 bits per heavy atom. The lowest BCUT2D eigenvalue weighted by Crippen LogP contribution is -2.44. The third-order valence-corrected chi connectivity index (χ3v) is 1.66. The van der Waals surface area contributed by atoms with E-state index < -0.39 is 0 Å². The molecule has 2 unspecified atom stereocenters. The molecule has 2 aliphatic heterocycles. The van der Waals surface area contributed by atoms with E-state index in [9.17, 15) is 0 Å². The van der Waals surface area contributed by atoms with E-state index >= 15 is 0 Å². The zero-order chi connectivity index (χ0) is 8.10. The molecule has 0 aromatic rings. The van der Waals surface area contributed by atoms with Gasteiger partial charge in [0.2, 0.25) is 0 Å². The lowest BCUT2D eigenvalue weighted by Gasteiger charge is -2.18. The molecule has 11 heavy (non-hydrogen) atoms. The van der Waals surface area contributed by atoms with Gasteiger partial charge in [-0.05, 0) is 0 Å². The van der Waals surface area contributed by atoms with Gasteiger partial charge < -0.3 is 10.7 Å². The van der Waals surface area contributed by atoms with Crippen LogP contribution in [0.2, 0.25) is 0 Å². The van der Waals surface area contributed by atoms with Crippen molar-refractivity contribution < 1.29 is 0 Å². The maximum absolute atomic E-state index is 3.94. The second-order valence-corrected chi connectivity index (χ2v) is 2.30. The van der Waals surface area contributed by atoms with Crippen LogP contribution in [-0.4, -0.2) is 24.8 Å². The number of nitrogens with zero attached hydrogens (tertiary/aromatic N) is 1. The highest BCUT2D eigenvalue weighted by atomic mass is 15.3. The van der Waals surface area contributed by atoms with Crippen LogP contribution in [0.5, 0.6) is 0 Å². The van der Waals surface area contributed by atoms with E-state index in [1.807, 2.05) is 20.1 Å². The average Bonchev–Trinajstić information content (AvgIpc) is 2.55. The molecule has 62 valence electrons. The van der Waals surface area contributed by atoms with Crippen LogP contribution >= 0.6 is 0 Å². The molecule has 0 aliphatic carbocycles. The Morgan fingerprint density at radius 1 is 1.36 bits per heavy atom. The zero-order valence-corrected chi connectivity index (χ0v) is 7.04. The zero-order valence-electron chi connectivity index (χ0n) is 7.04. The fourth-order valence-electron chi connectivity index (χ4n) is 1.14. The summed E-state index contributed by atoms with van der Waals surface area (Å²) in [4.78, 5) is 0. The van der Waals surface area contributed by atoms with Crippen molar-refractivity contribution in [2.75, 3.05) is 6.54 Å². The second-order valence-electron chi connectivity index (χ2n) is 2.30. The Labute approximate surface area is 67.6 Å². The monoisotopic (exact) mass is 153 g/mol. The van der Waals surface area contributed by atoms with Crippen molar-refractivity contribution in [2.45, 2.75) is 25.9 Å². The van der Waals surface area contributed by atoms with Crippen LogP contribution in [0.3, 0.4) is 0 Å². The fourth-order valence-corrected chi connectivity index (χ4v) is 1.14. The Morgan fingerprint density at radius 2 is 2.18 bits per heavy atom. The molecule has 0 aromatic heterocycles. The maximum Gasteiger partial charge on any atom is 0.0825 e. The quantitative estimate of drug-likeness (QED) is 0.497. The standard InChI is InChI=1S/C6H9N3.C2H6/c1-2-5-6(7-3-1)4-8-9-5;1-2/h1-2,4-7,9H,3H2;1-2H3. The first kappa shape index (κ1) is 8.27. The van der Waals surface area contributed by atoms with Gasteiger partial charge >= 0.3 is 0 Å². The predicted molar refractivity (Wildman–Crippen MR) is 47.7 cm³/mol. The summed E-state index contributed by atoms with van der Waals surface area (Å²) in [5, 5.41) is 7.22. The molecule has 0 bridgehead atoms. The molecule has 0 saturated heterocycles. The number of fused-ring (bicyclic) bond motifs is 1. The van der Waals surface area contributed by atoms with Gasteiger partial charge in [-0.3, -0.25) is 0 Å². The van der Waals surface area contributed by atoms with E-state index in [1.165, 1.54) is 0 Å². The van der Waals surface area contributed by atoms with Crippen molar-refractivity contribution in [3.63, 3.8) is 0 Å². The van der Waals surface area contributed by atoms with Crippen LogP contribution < -0.4 is 10.7 Å². The first-order valence-corrected chi connectivity index (χ1v) is 4.15. The normalized spacial score (nSPS) is 31.8. The molecular formula is C8H15N3. The van der Waals surface area contributed by atoms with Crippen molar-refractivity contribution in [3.05, 3.63) is 12.2 Å². The van der Waals surface area contributed by atoms with E-state index in [0.29, 0.717) is 12.1 Å². The minimum Gasteiger partial charge on any atom is -0.304 e. The molecule has 3 nitrogen and oxygen atoms in total. The molecule has 0 aromatic carbocycles. The molecule has 2 atom stereocenters. The van der Waals surface area contributed by atoms with Gasteiger partial charge in [-0.25, -0.2) is 0 Å². The van der Waals surface area contributed by atoms with Crippen LogP contribution in [0.1, 0.15) is 13.8 Å². The van der Waals surface area contributed by atoms with Gasteiger partial charge in [0.1, 0.15) is 0 Å². The third kappa shape index (κ3) is 1.80. The molecule has 0 saturated carbocycles. The lowest BCUT2D eigenvalue weighted by atomic mass is 10.1. The molecule has 2 aliphatic rings. The van der Waals surface area contributed by atoms with Crippen LogP contribution in [0.25, 0.3) is 0 Å². The van der Waals surface area contributed by atoms with Crippen molar-refractivity contribution in [1.29, 1.82) is 0 Å². The van der Waals surface area contributed by atoms with Gasteiger partial charge in [0.15, 0.2) is 0 Å². The van der Waals surface area contributed by atoms with Crippen molar-refractivity contribution >= 4 is 6.21 Å². The van der Waals surface area contributed by atoms with E-state index in [2.05, 4.69) is 28.0 Å². The van der Waals surface area contributed by atoms with E-state index in [-0.39, 0.29) is 0 Å². The molecule has 0 spiro atoms. The lowest BCUT2D eigenvalue weighted by molar-refractivity contribution is 0.542. The highest BCUT2D eigenvalue weighted by molar-refractivity contribution is 5.68. The van der Waals surface area contributed by atoms with Gasteiger partial charge in [0, 0.05) is 12.8 Å². The second kappa shape index (κ2) is 4.13. The van der Waals surface area contributed by atoms with Crippen molar-refractivity contribution in [1.82, 2.24) is 10.7 Å². The Bertz CT molecular complexity index is 163. The maximum atomic E-state index is 3.94. The summed E-state index contributed by atoms with van der Waals surface area (Å²) >= 11 is 0. The summed E-state index contributed by atoms with van der Waals surface area (Å²) in [5.41, 5.74) is 2.98. The van der Waals surface area contributed by atoms with Crippen molar-refractivity contribution in [3.8, 4) is 0 Å². The van der Waals surface area contributed by atoms with E-state index in [1.54, 1.807) is 0 Å². The number of nitrogens with one attached hydrogen (secondary N) is 2. The van der Waals surface area contributed by atoms with Crippen LogP contribution in [0.4, 0.5) is 0 Å². The molecular weight excluding hydrogens is 138 g/mol. The van der Waals surface area contributed by atoms with Crippen molar-refractivity contribution in [2.24, 2.45) is 5.10 Å². The summed E-state index contributed by atoms with van der Waals surface area (Å²) in [6, 6.07) is 0.828. The largest absolute Gasteiger partial charge is 0.304 e. The average molecular weight is 153 g/mol. The third-order valence-electron chi connectivity index (χ3n) is 1.66. The minimum absolute atomic E-state index is 0.402. The Balaban J connectivity index is 0.000000281. The minimum atomic E-state index is 0.402. The Hall–Kier alpha value is -0.830. The molecule has 0 amide bonds. The smallest absolute Gasteiger partial charge is 0.0825 e. The fraction of sp³-hybridized carbons (Fsp3) is 0.625. The number of hydrogen-bond acceptors (Lipinski definition) is 3. The first-order chi connectivity index (χ1) is 5.47. The first-order valence-electron chi connectivity index (χ1n) is 4.15. The van der Waals surface area contributed by atoms with Crippen LogP contribution in [-0.2, 0) is 0 Å². The van der Waals surface area contributed by atoms with Gasteiger partial charge in [-0.2, -0.15) is 5.10 Å². The van der Waals surface area contributed by atoms with E-state index in [4.69, 9.17) is 0 Å². The van der Waals surface area contributed by atoms with Gasteiger partial charge in [-0.1, -0.05) is 26.0 Å². The molecule has 0 fully saturated rings. The molecule has 2 N–H and O–H groups in total. The van der Waals surface area contributed by atoms with Crippen LogP contribution in [0, 0.1) is 0 Å². The molecule has 2 rings (SSSR count). The Kier molecular flexibility index (Phi) is 3.11. The molecule has 2 heterocycles. The summed E-state index contributed by atoms with van der Waals surface area (Å²) in [7, 11) is 0. The number of rotatable bonds is 0. The SMILES string of the molecule is C1=CC2NN=CC2NC1.CC. The molecule has 3 heteroatoms.